The Labute approximate surface area is 93.0 Å². The third kappa shape index (κ3) is 6.67. The summed E-state index contributed by atoms with van der Waals surface area (Å²) in [5, 5.41) is 11.8. The summed E-state index contributed by atoms with van der Waals surface area (Å²) in [5.74, 6) is -1.44. The molecule has 16 heavy (non-hydrogen) atoms. The van der Waals surface area contributed by atoms with Gasteiger partial charge in [0.2, 0.25) is 0 Å². The first-order valence-electron chi connectivity index (χ1n) is 5.04. The minimum Gasteiger partial charge on any atom is -0.481 e. The zero-order valence-electron chi connectivity index (χ0n) is 9.13. The maximum atomic E-state index is 10.9. The lowest BCUT2D eigenvalue weighted by Crippen LogP contribution is -2.16. The van der Waals surface area contributed by atoms with Crippen molar-refractivity contribution in [2.75, 3.05) is 6.61 Å². The van der Waals surface area contributed by atoms with Crippen molar-refractivity contribution < 1.29 is 19.4 Å². The van der Waals surface area contributed by atoms with E-state index in [1.54, 1.807) is 6.92 Å². The van der Waals surface area contributed by atoms with Crippen molar-refractivity contribution in [2.45, 2.75) is 38.6 Å². The quantitative estimate of drug-likeness (QED) is 0.225. The number of hydrogen-bond acceptors (Lipinski definition) is 4. The molecule has 1 atom stereocenters. The number of carboxylic acids is 1. The Kier molecular flexibility index (Phi) is 7.61. The first kappa shape index (κ1) is 14.2. The van der Waals surface area contributed by atoms with E-state index in [0.717, 1.165) is 0 Å². The van der Waals surface area contributed by atoms with E-state index in [9.17, 15) is 9.59 Å². The first-order chi connectivity index (χ1) is 7.61. The summed E-state index contributed by atoms with van der Waals surface area (Å²) in [6.45, 7) is 2.06. The van der Waals surface area contributed by atoms with E-state index in [1.807, 2.05) is 0 Å². The van der Waals surface area contributed by atoms with Crippen molar-refractivity contribution in [2.24, 2.45) is 5.11 Å². The number of carboxylic acid groups (broad SMARTS) is 1. The Balaban J connectivity index is 3.74. The molecule has 0 fully saturated rings. The number of carbonyl (C=O) groups excluding carboxylic acids is 1. The molecule has 0 saturated heterocycles. The second kappa shape index (κ2) is 8.55. The van der Waals surface area contributed by atoms with Gasteiger partial charge < -0.3 is 9.84 Å². The molecule has 1 N–H and O–H groups in total. The van der Waals surface area contributed by atoms with Crippen LogP contribution < -0.4 is 0 Å². The van der Waals surface area contributed by atoms with Gasteiger partial charge in [0.15, 0.2) is 0 Å². The molecule has 0 saturated carbocycles. The summed E-state index contributed by atoms with van der Waals surface area (Å²) < 4.78 is 4.71. The van der Waals surface area contributed by atoms with Gasteiger partial charge in [0.25, 0.3) is 0 Å². The van der Waals surface area contributed by atoms with Gasteiger partial charge >= 0.3 is 11.9 Å². The molecule has 0 bridgehead atoms. The SMILES string of the molecule is CCOC(=O)CCCCC(N=[N+]=[N-])C(=O)O. The predicted molar refractivity (Wildman–Crippen MR) is 55.7 cm³/mol. The van der Waals surface area contributed by atoms with Crippen LogP contribution in [0.25, 0.3) is 10.4 Å². The minimum atomic E-state index is -1.14. The fourth-order valence-electron chi connectivity index (χ4n) is 1.13. The van der Waals surface area contributed by atoms with E-state index < -0.39 is 12.0 Å². The highest BCUT2D eigenvalue weighted by Gasteiger charge is 2.14. The van der Waals surface area contributed by atoms with Gasteiger partial charge in [0, 0.05) is 11.3 Å². The van der Waals surface area contributed by atoms with E-state index in [1.165, 1.54) is 0 Å². The highest BCUT2D eigenvalue weighted by atomic mass is 16.5. The Bertz CT molecular complexity index is 284. The molecular weight excluding hydrogens is 214 g/mol. The zero-order valence-corrected chi connectivity index (χ0v) is 9.13. The van der Waals surface area contributed by atoms with Crippen molar-refractivity contribution in [3.05, 3.63) is 10.4 Å². The van der Waals surface area contributed by atoms with Crippen LogP contribution >= 0.6 is 0 Å². The van der Waals surface area contributed by atoms with Gasteiger partial charge in [-0.2, -0.15) is 0 Å². The van der Waals surface area contributed by atoms with Gasteiger partial charge in [-0.05, 0) is 25.3 Å². The number of ether oxygens (including phenoxy) is 1. The van der Waals surface area contributed by atoms with Crippen LogP contribution in [-0.4, -0.2) is 29.7 Å². The number of hydrogen-bond donors (Lipinski definition) is 1. The van der Waals surface area contributed by atoms with Crippen molar-refractivity contribution in [3.8, 4) is 0 Å². The van der Waals surface area contributed by atoms with Crippen LogP contribution in [0, 0.1) is 0 Å². The average Bonchev–Trinajstić information content (AvgIpc) is 2.22. The molecule has 7 heteroatoms. The van der Waals surface area contributed by atoms with Crippen molar-refractivity contribution in [1.29, 1.82) is 0 Å². The highest BCUT2D eigenvalue weighted by Crippen LogP contribution is 2.08. The van der Waals surface area contributed by atoms with E-state index >= 15 is 0 Å². The Morgan fingerprint density at radius 2 is 2.19 bits per heavy atom. The van der Waals surface area contributed by atoms with E-state index in [0.29, 0.717) is 19.4 Å². The van der Waals surface area contributed by atoms with E-state index in [4.69, 9.17) is 15.4 Å². The summed E-state index contributed by atoms with van der Waals surface area (Å²) in [6.07, 6.45) is 1.54. The lowest BCUT2D eigenvalue weighted by Gasteiger charge is -2.05. The van der Waals surface area contributed by atoms with Crippen LogP contribution in [-0.2, 0) is 14.3 Å². The molecule has 0 aliphatic rings. The molecule has 0 aliphatic heterocycles. The van der Waals surface area contributed by atoms with Crippen LogP contribution in [0.1, 0.15) is 32.6 Å². The molecule has 0 aromatic rings. The second-order valence-corrected chi connectivity index (χ2v) is 3.11. The molecule has 0 aromatic heterocycles. The maximum Gasteiger partial charge on any atom is 0.312 e. The van der Waals surface area contributed by atoms with Gasteiger partial charge in [-0.25, -0.2) is 0 Å². The van der Waals surface area contributed by atoms with Crippen LogP contribution in [0.15, 0.2) is 5.11 Å². The summed E-state index contributed by atoms with van der Waals surface area (Å²) in [5.41, 5.74) is 8.12. The third-order valence-electron chi connectivity index (χ3n) is 1.89. The Morgan fingerprint density at radius 3 is 2.69 bits per heavy atom. The molecule has 1 unspecified atom stereocenters. The van der Waals surface area contributed by atoms with Crippen molar-refractivity contribution in [1.82, 2.24) is 0 Å². The number of esters is 1. The fraction of sp³-hybridized carbons (Fsp3) is 0.778. The van der Waals surface area contributed by atoms with Crippen LogP contribution in [0.3, 0.4) is 0 Å². The lowest BCUT2D eigenvalue weighted by molar-refractivity contribution is -0.143. The highest BCUT2D eigenvalue weighted by molar-refractivity contribution is 5.73. The standard InChI is InChI=1S/C9H15N3O4/c1-2-16-8(13)6-4-3-5-7(9(14)15)11-12-10/h7H,2-6H2,1H3,(H,14,15). The number of azide groups is 1. The van der Waals surface area contributed by atoms with Crippen LogP contribution in [0.5, 0.6) is 0 Å². The molecule has 7 nitrogen and oxygen atoms in total. The van der Waals surface area contributed by atoms with Crippen LogP contribution in [0.2, 0.25) is 0 Å². The summed E-state index contributed by atoms with van der Waals surface area (Å²) in [6, 6.07) is -1.05. The van der Waals surface area contributed by atoms with E-state index in [-0.39, 0.29) is 18.8 Å². The molecule has 90 valence electrons. The average molecular weight is 229 g/mol. The van der Waals surface area contributed by atoms with Gasteiger partial charge in [0.05, 0.1) is 6.61 Å². The molecular formula is C9H15N3O4. The monoisotopic (exact) mass is 229 g/mol. The molecule has 0 aliphatic carbocycles. The minimum absolute atomic E-state index is 0.235. The van der Waals surface area contributed by atoms with Gasteiger partial charge in [0.1, 0.15) is 6.04 Å². The number of carbonyl (C=O) groups is 2. The smallest absolute Gasteiger partial charge is 0.312 e. The van der Waals surface area contributed by atoms with Gasteiger partial charge in [-0.1, -0.05) is 11.5 Å². The largest absolute Gasteiger partial charge is 0.481 e. The molecule has 0 rings (SSSR count). The zero-order chi connectivity index (χ0) is 12.4. The molecule has 0 heterocycles. The van der Waals surface area contributed by atoms with Crippen molar-refractivity contribution >= 4 is 11.9 Å². The number of unbranched alkanes of at least 4 members (excludes halogenated alkanes) is 1. The lowest BCUT2D eigenvalue weighted by atomic mass is 10.1. The summed E-state index contributed by atoms with van der Waals surface area (Å²) in [7, 11) is 0. The topological polar surface area (TPSA) is 112 Å². The first-order valence-corrected chi connectivity index (χ1v) is 5.04. The second-order valence-electron chi connectivity index (χ2n) is 3.11. The molecule has 0 spiro atoms. The number of rotatable bonds is 8. The van der Waals surface area contributed by atoms with Crippen LogP contribution in [0.4, 0.5) is 0 Å². The fourth-order valence-corrected chi connectivity index (χ4v) is 1.13. The number of nitrogens with zero attached hydrogens (tertiary/aromatic N) is 3. The maximum absolute atomic E-state index is 10.9. The Morgan fingerprint density at radius 1 is 1.50 bits per heavy atom. The normalized spacial score (nSPS) is 11.3. The molecule has 0 radical (unpaired) electrons. The number of aliphatic carboxylic acids is 1. The van der Waals surface area contributed by atoms with Gasteiger partial charge in [-0.3, -0.25) is 9.59 Å². The molecule has 0 amide bonds. The van der Waals surface area contributed by atoms with Crippen molar-refractivity contribution in [3.63, 3.8) is 0 Å². The third-order valence-corrected chi connectivity index (χ3v) is 1.89. The molecule has 0 aromatic carbocycles. The Hall–Kier alpha value is -1.75. The van der Waals surface area contributed by atoms with Gasteiger partial charge in [-0.15, -0.1) is 0 Å². The summed E-state index contributed by atoms with van der Waals surface area (Å²) >= 11 is 0. The van der Waals surface area contributed by atoms with E-state index in [2.05, 4.69) is 10.0 Å². The predicted octanol–water partition coefficient (Wildman–Crippen LogP) is 1.87. The summed E-state index contributed by atoms with van der Waals surface area (Å²) in [4.78, 5) is 23.9.